The van der Waals surface area contributed by atoms with Crippen molar-refractivity contribution in [1.82, 2.24) is 19.9 Å². The quantitative estimate of drug-likeness (QED) is 0.421. The van der Waals surface area contributed by atoms with Gasteiger partial charge in [0.1, 0.15) is 17.0 Å². The van der Waals surface area contributed by atoms with E-state index >= 15 is 0 Å². The minimum absolute atomic E-state index is 0.0764. The average Bonchev–Trinajstić information content (AvgIpc) is 3.22. The third-order valence-corrected chi connectivity index (χ3v) is 7.97. The van der Waals surface area contributed by atoms with Crippen LogP contribution in [0.15, 0.2) is 24.7 Å². The Balaban J connectivity index is 1.56. The molecular formula is C25H31F2N5O3S. The predicted octanol–water partition coefficient (Wildman–Crippen LogP) is 5.10. The Morgan fingerprint density at radius 2 is 2.03 bits per heavy atom. The molecule has 0 aliphatic heterocycles. The standard InChI is InChI=1S/C25H31F2N5O3S/c1-15-20-22(29-12-16-5-8-25(26,27)9-6-16)30-14-31-23(20)36-21(15)24(33)32(2)18(13-34-3)17-7-10-28-19(11-17)35-4/h7,10-11,14,16,18H,5-6,8-9,12-13H2,1-4H3,(H,29,30,31). The summed E-state index contributed by atoms with van der Waals surface area (Å²) in [5.41, 5.74) is 1.63. The lowest BCUT2D eigenvalue weighted by molar-refractivity contribution is -0.0443. The zero-order chi connectivity index (χ0) is 25.9. The first-order chi connectivity index (χ1) is 17.2. The number of methoxy groups -OCH3 is 2. The summed E-state index contributed by atoms with van der Waals surface area (Å²) in [4.78, 5) is 29.5. The molecule has 8 nitrogen and oxygen atoms in total. The fourth-order valence-corrected chi connectivity index (χ4v) is 5.72. The van der Waals surface area contributed by atoms with Crippen LogP contribution in [0.2, 0.25) is 0 Å². The molecule has 0 saturated heterocycles. The lowest BCUT2D eigenvalue weighted by Gasteiger charge is -2.28. The molecule has 1 atom stereocenters. The molecule has 0 aromatic carbocycles. The number of nitrogens with one attached hydrogen (secondary N) is 1. The van der Waals surface area contributed by atoms with E-state index in [-0.39, 0.29) is 30.7 Å². The molecule has 4 rings (SSSR count). The second-order valence-electron chi connectivity index (χ2n) is 9.16. The minimum Gasteiger partial charge on any atom is -0.481 e. The second-order valence-corrected chi connectivity index (χ2v) is 10.2. The number of carbonyl (C=O) groups excluding carboxylic acids is 1. The van der Waals surface area contributed by atoms with Gasteiger partial charge in [-0.2, -0.15) is 0 Å². The highest BCUT2D eigenvalue weighted by Crippen LogP contribution is 2.38. The van der Waals surface area contributed by atoms with Gasteiger partial charge in [-0.05, 0) is 42.9 Å². The number of anilines is 1. The molecule has 0 radical (unpaired) electrons. The van der Waals surface area contributed by atoms with Crippen molar-refractivity contribution in [1.29, 1.82) is 0 Å². The molecule has 0 spiro atoms. The fourth-order valence-electron chi connectivity index (χ4n) is 4.59. The summed E-state index contributed by atoms with van der Waals surface area (Å²) in [6.07, 6.45) is 3.91. The van der Waals surface area contributed by atoms with Crippen LogP contribution in [0.3, 0.4) is 0 Å². The summed E-state index contributed by atoms with van der Waals surface area (Å²) >= 11 is 1.31. The molecule has 1 unspecified atom stereocenters. The Bertz CT molecular complexity index is 1210. The highest BCUT2D eigenvalue weighted by Gasteiger charge is 2.35. The second kappa shape index (κ2) is 11.0. The van der Waals surface area contributed by atoms with Crippen LogP contribution in [0.1, 0.15) is 52.5 Å². The van der Waals surface area contributed by atoms with Gasteiger partial charge in [-0.3, -0.25) is 4.79 Å². The maximum absolute atomic E-state index is 13.7. The molecule has 1 saturated carbocycles. The number of thiophene rings is 1. The number of amides is 1. The smallest absolute Gasteiger partial charge is 0.264 e. The van der Waals surface area contributed by atoms with Crippen LogP contribution in [-0.4, -0.2) is 66.1 Å². The van der Waals surface area contributed by atoms with E-state index in [1.807, 2.05) is 13.0 Å². The summed E-state index contributed by atoms with van der Waals surface area (Å²) < 4.78 is 37.7. The zero-order valence-electron chi connectivity index (χ0n) is 20.9. The van der Waals surface area contributed by atoms with E-state index < -0.39 is 5.92 Å². The number of fused-ring (bicyclic) bond motifs is 1. The molecule has 11 heteroatoms. The molecule has 194 valence electrons. The molecule has 3 aromatic heterocycles. The van der Waals surface area contributed by atoms with E-state index in [0.29, 0.717) is 47.4 Å². The Morgan fingerprint density at radius 1 is 1.28 bits per heavy atom. The van der Waals surface area contributed by atoms with Gasteiger partial charge in [-0.15, -0.1) is 11.3 Å². The summed E-state index contributed by atoms with van der Waals surface area (Å²) in [5, 5.41) is 4.12. The van der Waals surface area contributed by atoms with Gasteiger partial charge in [0.25, 0.3) is 5.91 Å². The number of alkyl halides is 2. The lowest BCUT2D eigenvalue weighted by atomic mass is 9.87. The first-order valence-electron chi connectivity index (χ1n) is 11.9. The van der Waals surface area contributed by atoms with Gasteiger partial charge in [-0.1, -0.05) is 0 Å². The SMILES string of the molecule is COCC(c1ccnc(OC)c1)N(C)C(=O)c1sc2ncnc(NCC3CCC(F)(F)CC3)c2c1C. The van der Waals surface area contributed by atoms with Gasteiger partial charge >= 0.3 is 0 Å². The number of nitrogens with zero attached hydrogens (tertiary/aromatic N) is 4. The molecule has 36 heavy (non-hydrogen) atoms. The number of rotatable bonds is 9. The number of hydrogen-bond acceptors (Lipinski definition) is 8. The predicted molar refractivity (Wildman–Crippen MR) is 135 cm³/mol. The van der Waals surface area contributed by atoms with Crippen LogP contribution in [0.5, 0.6) is 5.88 Å². The van der Waals surface area contributed by atoms with E-state index in [1.165, 1.54) is 17.7 Å². The van der Waals surface area contributed by atoms with Crippen molar-refractivity contribution < 1.29 is 23.0 Å². The maximum Gasteiger partial charge on any atom is 0.264 e. The summed E-state index contributed by atoms with van der Waals surface area (Å²) in [7, 11) is 4.88. The van der Waals surface area contributed by atoms with Crippen LogP contribution < -0.4 is 10.1 Å². The van der Waals surface area contributed by atoms with Gasteiger partial charge in [0, 0.05) is 45.8 Å². The van der Waals surface area contributed by atoms with Crippen molar-refractivity contribution in [3.63, 3.8) is 0 Å². The monoisotopic (exact) mass is 519 g/mol. The van der Waals surface area contributed by atoms with Gasteiger partial charge in [0.15, 0.2) is 0 Å². The van der Waals surface area contributed by atoms with Gasteiger partial charge in [0.05, 0.1) is 30.0 Å². The van der Waals surface area contributed by atoms with Crippen LogP contribution in [0, 0.1) is 12.8 Å². The first-order valence-corrected chi connectivity index (χ1v) is 12.7. The molecule has 1 fully saturated rings. The zero-order valence-corrected chi connectivity index (χ0v) is 21.7. The molecule has 0 bridgehead atoms. The number of aromatic nitrogens is 3. The van der Waals surface area contributed by atoms with Crippen LogP contribution in [0.25, 0.3) is 10.2 Å². The fraction of sp³-hybridized carbons (Fsp3) is 0.520. The van der Waals surface area contributed by atoms with Gasteiger partial charge < -0.3 is 19.7 Å². The van der Waals surface area contributed by atoms with Crippen LogP contribution in [-0.2, 0) is 4.74 Å². The molecule has 3 aromatic rings. The molecule has 1 amide bonds. The minimum atomic E-state index is -2.55. The topological polar surface area (TPSA) is 89.5 Å². The summed E-state index contributed by atoms with van der Waals surface area (Å²) in [6.45, 7) is 2.74. The lowest BCUT2D eigenvalue weighted by Crippen LogP contribution is -2.33. The number of likely N-dealkylation sites (N-methyl/N-ethyl adjacent to an activating group) is 1. The normalized spacial score (nSPS) is 16.6. The number of halogens is 2. The largest absolute Gasteiger partial charge is 0.481 e. The molecule has 1 N–H and O–H groups in total. The Morgan fingerprint density at radius 3 is 2.72 bits per heavy atom. The van der Waals surface area contributed by atoms with E-state index in [4.69, 9.17) is 9.47 Å². The number of hydrogen-bond donors (Lipinski definition) is 1. The van der Waals surface area contributed by atoms with Crippen molar-refractivity contribution in [2.45, 2.75) is 44.6 Å². The molecular weight excluding hydrogens is 488 g/mol. The Hall–Kier alpha value is -2.92. The van der Waals surface area contributed by atoms with Crippen molar-refractivity contribution in [2.24, 2.45) is 5.92 Å². The van der Waals surface area contributed by atoms with E-state index in [2.05, 4.69) is 20.3 Å². The van der Waals surface area contributed by atoms with Crippen LogP contribution in [0.4, 0.5) is 14.6 Å². The number of pyridine rings is 1. The van der Waals surface area contributed by atoms with Crippen molar-refractivity contribution in [2.75, 3.05) is 39.7 Å². The van der Waals surface area contributed by atoms with Gasteiger partial charge in [-0.25, -0.2) is 23.7 Å². The highest BCUT2D eigenvalue weighted by molar-refractivity contribution is 7.20. The Kier molecular flexibility index (Phi) is 7.99. The van der Waals surface area contributed by atoms with E-state index in [9.17, 15) is 13.6 Å². The van der Waals surface area contributed by atoms with Gasteiger partial charge in [0.2, 0.25) is 11.8 Å². The number of ether oxygens (including phenoxy) is 2. The van der Waals surface area contributed by atoms with Crippen molar-refractivity contribution in [3.8, 4) is 5.88 Å². The average molecular weight is 520 g/mol. The maximum atomic E-state index is 13.7. The number of aryl methyl sites for hydroxylation is 1. The van der Waals surface area contributed by atoms with Crippen molar-refractivity contribution in [3.05, 3.63) is 40.7 Å². The molecule has 1 aliphatic carbocycles. The van der Waals surface area contributed by atoms with Crippen molar-refractivity contribution >= 4 is 33.3 Å². The molecule has 3 heterocycles. The first kappa shape index (κ1) is 26.2. The molecule has 1 aliphatic rings. The van der Waals surface area contributed by atoms with E-state index in [0.717, 1.165) is 16.5 Å². The van der Waals surface area contributed by atoms with Crippen LogP contribution >= 0.6 is 11.3 Å². The highest BCUT2D eigenvalue weighted by atomic mass is 32.1. The Labute approximate surface area is 213 Å². The van der Waals surface area contributed by atoms with E-state index in [1.54, 1.807) is 38.4 Å². The number of carbonyl (C=O) groups is 1. The summed E-state index contributed by atoms with van der Waals surface area (Å²) in [6, 6.07) is 3.28. The third-order valence-electron chi connectivity index (χ3n) is 6.78. The summed E-state index contributed by atoms with van der Waals surface area (Å²) in [5.74, 6) is -1.46. The third kappa shape index (κ3) is 5.57.